The van der Waals surface area contributed by atoms with E-state index in [0.717, 1.165) is 31.0 Å². The molecule has 5 nitrogen and oxygen atoms in total. The number of anilines is 1. The van der Waals surface area contributed by atoms with Crippen molar-refractivity contribution in [3.63, 3.8) is 0 Å². The van der Waals surface area contributed by atoms with Crippen LogP contribution in [-0.2, 0) is 0 Å². The first kappa shape index (κ1) is 14.3. The third kappa shape index (κ3) is 3.07. The zero-order valence-corrected chi connectivity index (χ0v) is 11.2. The molecular weight excluding hydrogens is 263 g/mol. The lowest BCUT2D eigenvalue weighted by molar-refractivity contribution is 0.0698. The van der Waals surface area contributed by atoms with Gasteiger partial charge >= 0.3 is 12.0 Å². The lowest BCUT2D eigenvalue weighted by Gasteiger charge is -2.18. The molecule has 1 unspecified atom stereocenters. The van der Waals surface area contributed by atoms with Crippen molar-refractivity contribution in [1.82, 2.24) is 4.90 Å². The number of likely N-dealkylation sites (tertiary alicyclic amines) is 1. The Morgan fingerprint density at radius 2 is 2.25 bits per heavy atom. The van der Waals surface area contributed by atoms with Crippen LogP contribution in [-0.4, -0.2) is 35.1 Å². The topological polar surface area (TPSA) is 69.6 Å². The Bertz CT molecular complexity index is 533. The minimum atomic E-state index is -1.20. The number of nitrogens with one attached hydrogen (secondary N) is 1. The number of rotatable bonds is 3. The standard InChI is InChI=1S/C14H17FN2O3/c1-2-9-5-6-17(8-9)14(20)16-12-7-10(15)3-4-11(12)13(18)19/h3-4,7,9H,2,5-6,8H2,1H3,(H,16,20)(H,18,19). The summed E-state index contributed by atoms with van der Waals surface area (Å²) >= 11 is 0. The molecule has 1 fully saturated rings. The van der Waals surface area contributed by atoms with E-state index in [1.54, 1.807) is 4.90 Å². The molecule has 1 aromatic carbocycles. The van der Waals surface area contributed by atoms with E-state index >= 15 is 0 Å². The van der Waals surface area contributed by atoms with Crippen LogP contribution < -0.4 is 5.32 Å². The van der Waals surface area contributed by atoms with Gasteiger partial charge in [0.15, 0.2) is 0 Å². The van der Waals surface area contributed by atoms with Crippen LogP contribution in [0.15, 0.2) is 18.2 Å². The van der Waals surface area contributed by atoms with Crippen molar-refractivity contribution in [2.24, 2.45) is 5.92 Å². The van der Waals surface area contributed by atoms with Crippen molar-refractivity contribution in [1.29, 1.82) is 0 Å². The first-order valence-electron chi connectivity index (χ1n) is 6.60. The second-order valence-electron chi connectivity index (χ2n) is 4.93. The number of carboxylic acids is 1. The molecule has 1 saturated heterocycles. The predicted octanol–water partition coefficient (Wildman–Crippen LogP) is 2.79. The molecule has 0 radical (unpaired) electrons. The quantitative estimate of drug-likeness (QED) is 0.894. The average Bonchev–Trinajstić information content (AvgIpc) is 2.87. The number of carbonyl (C=O) groups is 2. The Morgan fingerprint density at radius 3 is 2.85 bits per heavy atom. The molecule has 0 saturated carbocycles. The summed E-state index contributed by atoms with van der Waals surface area (Å²) in [6, 6.07) is 2.84. The predicted molar refractivity (Wildman–Crippen MR) is 72.3 cm³/mol. The maximum Gasteiger partial charge on any atom is 0.337 e. The van der Waals surface area contributed by atoms with Gasteiger partial charge in [0.25, 0.3) is 0 Å². The minimum absolute atomic E-state index is 0.0116. The van der Waals surface area contributed by atoms with Crippen LogP contribution in [0, 0.1) is 11.7 Å². The van der Waals surface area contributed by atoms with Crippen molar-refractivity contribution in [3.8, 4) is 0 Å². The number of benzene rings is 1. The molecule has 0 bridgehead atoms. The van der Waals surface area contributed by atoms with Crippen LogP contribution in [0.4, 0.5) is 14.9 Å². The number of amides is 2. The maximum atomic E-state index is 13.2. The fraction of sp³-hybridized carbons (Fsp3) is 0.429. The van der Waals surface area contributed by atoms with E-state index in [1.165, 1.54) is 0 Å². The van der Waals surface area contributed by atoms with Crippen LogP contribution in [0.1, 0.15) is 30.1 Å². The van der Waals surface area contributed by atoms with Crippen LogP contribution in [0.2, 0.25) is 0 Å². The summed E-state index contributed by atoms with van der Waals surface area (Å²) in [5, 5.41) is 11.5. The molecule has 6 heteroatoms. The van der Waals surface area contributed by atoms with E-state index < -0.39 is 11.8 Å². The van der Waals surface area contributed by atoms with Gasteiger partial charge in [0, 0.05) is 13.1 Å². The van der Waals surface area contributed by atoms with Gasteiger partial charge in [-0.15, -0.1) is 0 Å². The third-order valence-electron chi connectivity index (χ3n) is 3.60. The van der Waals surface area contributed by atoms with Gasteiger partial charge < -0.3 is 15.3 Å². The Morgan fingerprint density at radius 1 is 1.50 bits per heavy atom. The zero-order chi connectivity index (χ0) is 14.7. The maximum absolute atomic E-state index is 13.2. The van der Waals surface area contributed by atoms with Crippen LogP contribution in [0.25, 0.3) is 0 Å². The van der Waals surface area contributed by atoms with Crippen LogP contribution >= 0.6 is 0 Å². The molecule has 2 amide bonds. The zero-order valence-electron chi connectivity index (χ0n) is 11.2. The highest BCUT2D eigenvalue weighted by atomic mass is 19.1. The Labute approximate surface area is 116 Å². The number of hydrogen-bond acceptors (Lipinski definition) is 2. The van der Waals surface area contributed by atoms with Gasteiger partial charge in [0.2, 0.25) is 0 Å². The number of hydrogen-bond donors (Lipinski definition) is 2. The molecule has 1 heterocycles. The molecule has 0 spiro atoms. The van der Waals surface area contributed by atoms with Gasteiger partial charge in [-0.25, -0.2) is 14.0 Å². The van der Waals surface area contributed by atoms with E-state index in [2.05, 4.69) is 12.2 Å². The van der Waals surface area contributed by atoms with Gasteiger partial charge in [-0.05, 0) is 30.5 Å². The van der Waals surface area contributed by atoms with Gasteiger partial charge in [-0.3, -0.25) is 0 Å². The van der Waals surface area contributed by atoms with E-state index in [-0.39, 0.29) is 17.3 Å². The summed E-state index contributed by atoms with van der Waals surface area (Å²) < 4.78 is 13.2. The van der Waals surface area contributed by atoms with Crippen molar-refractivity contribution in [2.75, 3.05) is 18.4 Å². The van der Waals surface area contributed by atoms with Crippen LogP contribution in [0.5, 0.6) is 0 Å². The number of carbonyl (C=O) groups excluding carboxylic acids is 1. The van der Waals surface area contributed by atoms with Crippen molar-refractivity contribution < 1.29 is 19.1 Å². The first-order valence-corrected chi connectivity index (χ1v) is 6.60. The first-order chi connectivity index (χ1) is 9.51. The average molecular weight is 280 g/mol. The van der Waals surface area contributed by atoms with E-state index in [1.807, 2.05) is 0 Å². The molecule has 1 atom stereocenters. The number of carboxylic acid groups (broad SMARTS) is 1. The van der Waals surface area contributed by atoms with Crippen molar-refractivity contribution in [3.05, 3.63) is 29.6 Å². The normalized spacial score (nSPS) is 18.1. The number of urea groups is 1. The molecule has 20 heavy (non-hydrogen) atoms. The van der Waals surface area contributed by atoms with E-state index in [9.17, 15) is 14.0 Å². The molecule has 2 N–H and O–H groups in total. The molecular formula is C14H17FN2O3. The molecule has 1 aromatic rings. The highest BCUT2D eigenvalue weighted by Gasteiger charge is 2.25. The summed E-state index contributed by atoms with van der Waals surface area (Å²) in [5.74, 6) is -1.31. The van der Waals surface area contributed by atoms with Crippen molar-refractivity contribution >= 4 is 17.7 Å². The smallest absolute Gasteiger partial charge is 0.337 e. The largest absolute Gasteiger partial charge is 0.478 e. The van der Waals surface area contributed by atoms with E-state index in [4.69, 9.17) is 5.11 Å². The summed E-state index contributed by atoms with van der Waals surface area (Å²) in [6.07, 6.45) is 1.95. The highest BCUT2D eigenvalue weighted by molar-refractivity contribution is 6.00. The summed E-state index contributed by atoms with van der Waals surface area (Å²) in [7, 11) is 0. The molecule has 2 rings (SSSR count). The monoisotopic (exact) mass is 280 g/mol. The molecule has 0 aromatic heterocycles. The molecule has 1 aliphatic rings. The second-order valence-corrected chi connectivity index (χ2v) is 4.93. The number of aromatic carboxylic acids is 1. The lowest BCUT2D eigenvalue weighted by Crippen LogP contribution is -2.33. The van der Waals surface area contributed by atoms with Gasteiger partial charge in [0.1, 0.15) is 5.82 Å². The highest BCUT2D eigenvalue weighted by Crippen LogP contribution is 2.22. The van der Waals surface area contributed by atoms with Crippen molar-refractivity contribution in [2.45, 2.75) is 19.8 Å². The summed E-state index contributed by atoms with van der Waals surface area (Å²) in [6.45, 7) is 3.36. The SMILES string of the molecule is CCC1CCN(C(=O)Nc2cc(F)ccc2C(=O)O)C1. The molecule has 1 aliphatic heterocycles. The Kier molecular flexibility index (Phi) is 4.22. The second kappa shape index (κ2) is 5.90. The Balaban J connectivity index is 2.11. The summed E-state index contributed by atoms with van der Waals surface area (Å²) in [4.78, 5) is 24.7. The minimum Gasteiger partial charge on any atom is -0.478 e. The van der Waals surface area contributed by atoms with Crippen LogP contribution in [0.3, 0.4) is 0 Å². The number of nitrogens with zero attached hydrogens (tertiary/aromatic N) is 1. The van der Waals surface area contributed by atoms with E-state index in [0.29, 0.717) is 19.0 Å². The fourth-order valence-corrected chi connectivity index (χ4v) is 2.35. The third-order valence-corrected chi connectivity index (χ3v) is 3.60. The summed E-state index contributed by atoms with van der Waals surface area (Å²) in [5.41, 5.74) is -0.131. The Hall–Kier alpha value is -2.11. The number of halogens is 1. The van der Waals surface area contributed by atoms with Gasteiger partial charge in [0.05, 0.1) is 11.3 Å². The van der Waals surface area contributed by atoms with Gasteiger partial charge in [-0.2, -0.15) is 0 Å². The molecule has 108 valence electrons. The molecule has 0 aliphatic carbocycles. The fourth-order valence-electron chi connectivity index (χ4n) is 2.35. The lowest BCUT2D eigenvalue weighted by atomic mass is 10.1. The van der Waals surface area contributed by atoms with Gasteiger partial charge in [-0.1, -0.05) is 13.3 Å².